The number of aromatic nitrogens is 1. The first kappa shape index (κ1) is 14.0. The smallest absolute Gasteiger partial charge is 0.354 e. The molecule has 18 heavy (non-hydrogen) atoms. The summed E-state index contributed by atoms with van der Waals surface area (Å²) < 4.78 is 0. The van der Waals surface area contributed by atoms with Crippen LogP contribution in [-0.2, 0) is 4.79 Å². The third-order valence-electron chi connectivity index (χ3n) is 2.56. The van der Waals surface area contributed by atoms with Crippen LogP contribution in [0.5, 0.6) is 0 Å². The van der Waals surface area contributed by atoms with Gasteiger partial charge in [0.25, 0.3) is 0 Å². The molecule has 6 heteroatoms. The van der Waals surface area contributed by atoms with E-state index in [1.165, 1.54) is 12.3 Å². The maximum atomic E-state index is 11.6. The zero-order valence-corrected chi connectivity index (χ0v) is 10.7. The molecule has 1 heterocycles. The molecule has 0 unspecified atom stereocenters. The van der Waals surface area contributed by atoms with Crippen LogP contribution in [0.25, 0.3) is 0 Å². The van der Waals surface area contributed by atoms with Crippen molar-refractivity contribution in [2.24, 2.45) is 5.41 Å². The molecule has 0 saturated carbocycles. The highest BCUT2D eigenvalue weighted by Crippen LogP contribution is 2.16. The number of hydrogen-bond acceptors (Lipinski definition) is 4. The number of pyridine rings is 1. The molecular weight excluding hydrogens is 234 g/mol. The lowest BCUT2D eigenvalue weighted by molar-refractivity contribution is -0.128. The number of aromatic carboxylic acids is 1. The summed E-state index contributed by atoms with van der Waals surface area (Å²) in [6.07, 6.45) is 1.43. The Labute approximate surface area is 105 Å². The molecule has 0 saturated heterocycles. The van der Waals surface area contributed by atoms with E-state index >= 15 is 0 Å². The van der Waals surface area contributed by atoms with Gasteiger partial charge >= 0.3 is 5.97 Å². The van der Waals surface area contributed by atoms with E-state index in [1.54, 1.807) is 13.1 Å². The quantitative estimate of drug-likeness (QED) is 0.725. The van der Waals surface area contributed by atoms with Crippen molar-refractivity contribution in [3.8, 4) is 0 Å². The summed E-state index contributed by atoms with van der Waals surface area (Å²) in [5, 5.41) is 14.3. The highest BCUT2D eigenvalue weighted by molar-refractivity contribution is 5.85. The van der Waals surface area contributed by atoms with Crippen LogP contribution in [-0.4, -0.2) is 35.6 Å². The Bertz CT molecular complexity index is 440. The largest absolute Gasteiger partial charge is 0.477 e. The van der Waals surface area contributed by atoms with E-state index in [0.29, 0.717) is 12.2 Å². The zero-order valence-electron chi connectivity index (χ0n) is 10.7. The molecule has 0 atom stereocenters. The van der Waals surface area contributed by atoms with Gasteiger partial charge in [-0.15, -0.1) is 0 Å². The summed E-state index contributed by atoms with van der Waals surface area (Å²) in [7, 11) is 1.59. The van der Waals surface area contributed by atoms with Crippen molar-refractivity contribution in [3.05, 3.63) is 24.0 Å². The standard InChI is InChI=1S/C12H17N3O3/c1-12(2,11(18)13-3)7-15-8-4-5-9(10(16)17)14-6-8/h4-6,15H,7H2,1-3H3,(H,13,18)(H,16,17). The van der Waals surface area contributed by atoms with Crippen LogP contribution in [0.1, 0.15) is 24.3 Å². The average Bonchev–Trinajstić information content (AvgIpc) is 2.35. The Morgan fingerprint density at radius 2 is 2.06 bits per heavy atom. The second-order valence-corrected chi connectivity index (χ2v) is 4.55. The minimum Gasteiger partial charge on any atom is -0.477 e. The van der Waals surface area contributed by atoms with E-state index < -0.39 is 11.4 Å². The number of hydrogen-bond donors (Lipinski definition) is 3. The molecule has 0 spiro atoms. The first-order valence-corrected chi connectivity index (χ1v) is 5.52. The minimum absolute atomic E-state index is 0.00823. The summed E-state index contributed by atoms with van der Waals surface area (Å²) in [6, 6.07) is 3.04. The van der Waals surface area contributed by atoms with Gasteiger partial charge in [0, 0.05) is 13.6 Å². The molecule has 0 fully saturated rings. The van der Waals surface area contributed by atoms with Crippen LogP contribution < -0.4 is 10.6 Å². The lowest BCUT2D eigenvalue weighted by atomic mass is 9.92. The molecule has 0 aliphatic rings. The van der Waals surface area contributed by atoms with Crippen molar-refractivity contribution < 1.29 is 14.7 Å². The summed E-state index contributed by atoms with van der Waals surface area (Å²) in [5.74, 6) is -1.13. The number of anilines is 1. The number of nitrogens with zero attached hydrogens (tertiary/aromatic N) is 1. The third-order valence-corrected chi connectivity index (χ3v) is 2.56. The fraction of sp³-hybridized carbons (Fsp3) is 0.417. The molecule has 1 aromatic rings. The molecule has 0 bridgehead atoms. The molecule has 98 valence electrons. The van der Waals surface area contributed by atoms with E-state index in [1.807, 2.05) is 13.8 Å². The number of nitrogens with one attached hydrogen (secondary N) is 2. The molecule has 1 aromatic heterocycles. The SMILES string of the molecule is CNC(=O)C(C)(C)CNc1ccc(C(=O)O)nc1. The van der Waals surface area contributed by atoms with E-state index in [-0.39, 0.29) is 11.6 Å². The number of carboxylic acids is 1. The molecule has 1 rings (SSSR count). The van der Waals surface area contributed by atoms with Crippen LogP contribution in [0.4, 0.5) is 5.69 Å². The second kappa shape index (κ2) is 5.48. The molecule has 0 aliphatic heterocycles. The molecule has 3 N–H and O–H groups in total. The van der Waals surface area contributed by atoms with Crippen LogP contribution in [0.3, 0.4) is 0 Å². The highest BCUT2D eigenvalue weighted by Gasteiger charge is 2.26. The number of carbonyl (C=O) groups is 2. The number of amides is 1. The highest BCUT2D eigenvalue weighted by atomic mass is 16.4. The van der Waals surface area contributed by atoms with Crippen molar-refractivity contribution in [1.82, 2.24) is 10.3 Å². The van der Waals surface area contributed by atoms with E-state index in [2.05, 4.69) is 15.6 Å². The molecule has 6 nitrogen and oxygen atoms in total. The van der Waals surface area contributed by atoms with E-state index in [4.69, 9.17) is 5.11 Å². The fourth-order valence-electron chi connectivity index (χ4n) is 1.37. The normalized spacial score (nSPS) is 10.8. The van der Waals surface area contributed by atoms with Gasteiger partial charge in [-0.05, 0) is 26.0 Å². The predicted octanol–water partition coefficient (Wildman–Crippen LogP) is 0.964. The topological polar surface area (TPSA) is 91.3 Å². The first-order valence-electron chi connectivity index (χ1n) is 5.52. The van der Waals surface area contributed by atoms with Crippen LogP contribution in [0.15, 0.2) is 18.3 Å². The summed E-state index contributed by atoms with van der Waals surface area (Å²) in [6.45, 7) is 4.07. The Hall–Kier alpha value is -2.11. The van der Waals surface area contributed by atoms with Gasteiger partial charge in [-0.2, -0.15) is 0 Å². The summed E-state index contributed by atoms with van der Waals surface area (Å²) in [5.41, 5.74) is 0.114. The summed E-state index contributed by atoms with van der Waals surface area (Å²) >= 11 is 0. The maximum absolute atomic E-state index is 11.6. The Kier molecular flexibility index (Phi) is 4.25. The Morgan fingerprint density at radius 3 is 2.50 bits per heavy atom. The van der Waals surface area contributed by atoms with Crippen molar-refractivity contribution in [1.29, 1.82) is 0 Å². The lowest BCUT2D eigenvalue weighted by Gasteiger charge is -2.23. The first-order chi connectivity index (χ1) is 8.36. The number of rotatable bonds is 5. The van der Waals surface area contributed by atoms with Crippen LogP contribution >= 0.6 is 0 Å². The van der Waals surface area contributed by atoms with Crippen molar-refractivity contribution in [3.63, 3.8) is 0 Å². The van der Waals surface area contributed by atoms with Crippen molar-refractivity contribution in [2.45, 2.75) is 13.8 Å². The maximum Gasteiger partial charge on any atom is 0.354 e. The zero-order chi connectivity index (χ0) is 13.8. The second-order valence-electron chi connectivity index (χ2n) is 4.55. The predicted molar refractivity (Wildman–Crippen MR) is 67.5 cm³/mol. The fourth-order valence-corrected chi connectivity index (χ4v) is 1.37. The van der Waals surface area contributed by atoms with Gasteiger partial charge in [0.2, 0.25) is 5.91 Å². The molecule has 0 aromatic carbocycles. The van der Waals surface area contributed by atoms with Gasteiger partial charge in [-0.25, -0.2) is 9.78 Å². The van der Waals surface area contributed by atoms with Crippen LogP contribution in [0.2, 0.25) is 0 Å². The molecule has 1 amide bonds. The van der Waals surface area contributed by atoms with Gasteiger partial charge in [0.1, 0.15) is 5.69 Å². The molecular formula is C12H17N3O3. The van der Waals surface area contributed by atoms with Gasteiger partial charge in [0.05, 0.1) is 17.3 Å². The molecule has 0 radical (unpaired) electrons. The van der Waals surface area contributed by atoms with Crippen molar-refractivity contribution in [2.75, 3.05) is 18.9 Å². The van der Waals surface area contributed by atoms with Gasteiger partial charge in [0.15, 0.2) is 0 Å². The van der Waals surface area contributed by atoms with E-state index in [0.717, 1.165) is 0 Å². The van der Waals surface area contributed by atoms with Crippen molar-refractivity contribution >= 4 is 17.6 Å². The van der Waals surface area contributed by atoms with Crippen LogP contribution in [0, 0.1) is 5.41 Å². The van der Waals surface area contributed by atoms with Gasteiger partial charge in [-0.1, -0.05) is 0 Å². The number of carboxylic acid groups (broad SMARTS) is 1. The monoisotopic (exact) mass is 251 g/mol. The third kappa shape index (κ3) is 3.44. The van der Waals surface area contributed by atoms with Gasteiger partial charge in [-0.3, -0.25) is 4.79 Å². The van der Waals surface area contributed by atoms with Gasteiger partial charge < -0.3 is 15.7 Å². The molecule has 0 aliphatic carbocycles. The summed E-state index contributed by atoms with van der Waals surface area (Å²) in [4.78, 5) is 26.0. The minimum atomic E-state index is -1.06. The number of carbonyl (C=O) groups excluding carboxylic acids is 1. The Morgan fingerprint density at radius 1 is 1.39 bits per heavy atom. The lowest BCUT2D eigenvalue weighted by Crippen LogP contribution is -2.39. The van der Waals surface area contributed by atoms with E-state index in [9.17, 15) is 9.59 Å². The average molecular weight is 251 g/mol. The Balaban J connectivity index is 2.64.